The minimum atomic E-state index is -2.89. The first-order chi connectivity index (χ1) is 13.5. The largest absolute Gasteiger partial charge is 0.435 e. The number of thiazole rings is 1. The molecule has 0 unspecified atom stereocenters. The van der Waals surface area contributed by atoms with E-state index < -0.39 is 11.5 Å². The number of ether oxygens (including phenoxy) is 1. The first-order valence-electron chi connectivity index (χ1n) is 7.96. The molecule has 2 aromatic carbocycles. The predicted octanol–water partition coefficient (Wildman–Crippen LogP) is 4.14. The third-order valence-corrected chi connectivity index (χ3v) is 4.61. The Balaban J connectivity index is 1.99. The highest BCUT2D eigenvalue weighted by Crippen LogP contribution is 2.24. The average Bonchev–Trinajstić information content (AvgIpc) is 3.09. The molecule has 0 aliphatic heterocycles. The SMILES string of the molecule is CN=c1scc(-c2ccc(OC(F)F)cc2)n1/N=C\c1ccccc1[N+](=O)[O-]. The Morgan fingerprint density at radius 2 is 1.93 bits per heavy atom. The maximum atomic E-state index is 12.3. The molecule has 0 bridgehead atoms. The van der Waals surface area contributed by atoms with Crippen LogP contribution in [-0.4, -0.2) is 29.5 Å². The lowest BCUT2D eigenvalue weighted by atomic mass is 10.2. The molecular weight excluding hydrogens is 390 g/mol. The molecule has 0 radical (unpaired) electrons. The third kappa shape index (κ3) is 4.29. The molecule has 0 fully saturated rings. The highest BCUT2D eigenvalue weighted by molar-refractivity contribution is 7.07. The lowest BCUT2D eigenvalue weighted by molar-refractivity contribution is -0.385. The molecule has 3 rings (SSSR count). The van der Waals surface area contributed by atoms with Crippen molar-refractivity contribution in [2.75, 3.05) is 7.05 Å². The van der Waals surface area contributed by atoms with Crippen LogP contribution in [0.2, 0.25) is 0 Å². The minimum Gasteiger partial charge on any atom is -0.435 e. The Morgan fingerprint density at radius 3 is 2.57 bits per heavy atom. The van der Waals surface area contributed by atoms with Gasteiger partial charge in [-0.2, -0.15) is 13.9 Å². The second-order valence-corrected chi connectivity index (χ2v) is 6.24. The fourth-order valence-corrected chi connectivity index (χ4v) is 3.25. The Morgan fingerprint density at radius 1 is 1.21 bits per heavy atom. The summed E-state index contributed by atoms with van der Waals surface area (Å²) in [7, 11) is 1.60. The standard InChI is InChI=1S/C18H14F2N4O3S/c1-21-18-23(22-10-13-4-2-3-5-15(13)24(25)26)16(11-28-18)12-6-8-14(9-7-12)27-17(19)20/h2-11,17H,1H3/b21-18?,22-10-. The van der Waals surface area contributed by atoms with Gasteiger partial charge < -0.3 is 4.74 Å². The van der Waals surface area contributed by atoms with Gasteiger partial charge in [0.2, 0.25) is 4.80 Å². The van der Waals surface area contributed by atoms with E-state index in [1.54, 1.807) is 37.4 Å². The van der Waals surface area contributed by atoms with Gasteiger partial charge in [-0.1, -0.05) is 12.1 Å². The zero-order valence-corrected chi connectivity index (χ0v) is 15.3. The van der Waals surface area contributed by atoms with Crippen molar-refractivity contribution in [2.45, 2.75) is 6.61 Å². The van der Waals surface area contributed by atoms with E-state index in [9.17, 15) is 18.9 Å². The molecule has 28 heavy (non-hydrogen) atoms. The third-order valence-electron chi connectivity index (χ3n) is 3.70. The molecule has 0 atom stereocenters. The highest BCUT2D eigenvalue weighted by Gasteiger charge is 2.12. The number of para-hydroxylation sites is 1. The Kier molecular flexibility index (Phi) is 5.90. The van der Waals surface area contributed by atoms with Crippen molar-refractivity contribution in [3.8, 4) is 17.0 Å². The van der Waals surface area contributed by atoms with Crippen LogP contribution in [-0.2, 0) is 0 Å². The first kappa shape index (κ1) is 19.4. The van der Waals surface area contributed by atoms with Crippen LogP contribution in [0.1, 0.15) is 5.56 Å². The molecule has 7 nitrogen and oxygen atoms in total. The molecule has 1 heterocycles. The Labute approximate surface area is 162 Å². The van der Waals surface area contributed by atoms with Crippen LogP contribution >= 0.6 is 11.3 Å². The molecule has 1 aromatic heterocycles. The van der Waals surface area contributed by atoms with Crippen molar-refractivity contribution in [3.05, 3.63) is 74.4 Å². The lowest BCUT2D eigenvalue weighted by Crippen LogP contribution is -2.11. The van der Waals surface area contributed by atoms with Gasteiger partial charge >= 0.3 is 6.61 Å². The topological polar surface area (TPSA) is 82.0 Å². The smallest absolute Gasteiger partial charge is 0.387 e. The van der Waals surface area contributed by atoms with Crippen LogP contribution in [0.15, 0.2) is 64.0 Å². The summed E-state index contributed by atoms with van der Waals surface area (Å²) in [4.78, 5) is 15.4. The average molecular weight is 404 g/mol. The summed E-state index contributed by atoms with van der Waals surface area (Å²) >= 11 is 1.33. The van der Waals surface area contributed by atoms with Crippen molar-refractivity contribution in [1.82, 2.24) is 4.68 Å². The molecular formula is C18H14F2N4O3S. The van der Waals surface area contributed by atoms with Crippen molar-refractivity contribution in [3.63, 3.8) is 0 Å². The fourth-order valence-electron chi connectivity index (χ4n) is 2.45. The zero-order valence-electron chi connectivity index (χ0n) is 14.5. The summed E-state index contributed by atoms with van der Waals surface area (Å²) in [6, 6.07) is 12.3. The second kappa shape index (κ2) is 8.53. The van der Waals surface area contributed by atoms with E-state index in [2.05, 4.69) is 14.8 Å². The van der Waals surface area contributed by atoms with E-state index >= 15 is 0 Å². The maximum Gasteiger partial charge on any atom is 0.387 e. The van der Waals surface area contributed by atoms with Crippen LogP contribution in [0.3, 0.4) is 0 Å². The molecule has 0 spiro atoms. The molecule has 3 aromatic rings. The number of benzene rings is 2. The molecule has 0 saturated heterocycles. The van der Waals surface area contributed by atoms with E-state index in [1.165, 1.54) is 40.4 Å². The summed E-state index contributed by atoms with van der Waals surface area (Å²) in [5.41, 5.74) is 1.64. The second-order valence-electron chi connectivity index (χ2n) is 5.40. The van der Waals surface area contributed by atoms with Crippen LogP contribution in [0.25, 0.3) is 11.3 Å². The fraction of sp³-hybridized carbons (Fsp3) is 0.111. The van der Waals surface area contributed by atoms with Gasteiger partial charge in [0, 0.05) is 24.1 Å². The van der Waals surface area contributed by atoms with Crippen molar-refractivity contribution in [1.29, 1.82) is 0 Å². The molecule has 10 heteroatoms. The van der Waals surface area contributed by atoms with Gasteiger partial charge in [0.25, 0.3) is 5.69 Å². The van der Waals surface area contributed by atoms with Gasteiger partial charge in [-0.3, -0.25) is 15.1 Å². The van der Waals surface area contributed by atoms with Gasteiger partial charge in [-0.15, -0.1) is 11.3 Å². The highest BCUT2D eigenvalue weighted by atomic mass is 32.1. The molecule has 0 aliphatic carbocycles. The number of aromatic nitrogens is 1. The predicted molar refractivity (Wildman–Crippen MR) is 102 cm³/mol. The zero-order chi connectivity index (χ0) is 20.1. The summed E-state index contributed by atoms with van der Waals surface area (Å²) < 4.78 is 30.5. The van der Waals surface area contributed by atoms with Crippen LogP contribution in [0, 0.1) is 10.1 Å². The Hall–Kier alpha value is -3.40. The molecule has 0 N–H and O–H groups in total. The summed E-state index contributed by atoms with van der Waals surface area (Å²) in [5.74, 6) is 0.0457. The number of nitro groups is 1. The number of alkyl halides is 2. The molecule has 144 valence electrons. The maximum absolute atomic E-state index is 12.3. The van der Waals surface area contributed by atoms with E-state index in [-0.39, 0.29) is 11.4 Å². The number of halogens is 2. The van der Waals surface area contributed by atoms with Crippen molar-refractivity contribution < 1.29 is 18.4 Å². The van der Waals surface area contributed by atoms with Gasteiger partial charge in [-0.05, 0) is 30.3 Å². The van der Waals surface area contributed by atoms with E-state index in [0.29, 0.717) is 21.6 Å². The van der Waals surface area contributed by atoms with Crippen LogP contribution < -0.4 is 9.54 Å². The number of hydrogen-bond acceptors (Lipinski definition) is 6. The Bertz CT molecular complexity index is 1070. The lowest BCUT2D eigenvalue weighted by Gasteiger charge is -2.06. The van der Waals surface area contributed by atoms with Crippen LogP contribution in [0.4, 0.5) is 14.5 Å². The minimum absolute atomic E-state index is 0.0457. The van der Waals surface area contributed by atoms with Gasteiger partial charge in [0.05, 0.1) is 22.4 Å². The van der Waals surface area contributed by atoms with E-state index in [1.807, 2.05) is 5.38 Å². The summed E-state index contributed by atoms with van der Waals surface area (Å²) in [6.45, 7) is -2.89. The van der Waals surface area contributed by atoms with Gasteiger partial charge in [-0.25, -0.2) is 4.68 Å². The van der Waals surface area contributed by atoms with Gasteiger partial charge in [0.1, 0.15) is 5.75 Å². The normalized spacial score (nSPS) is 12.1. The molecule has 0 amide bonds. The van der Waals surface area contributed by atoms with Crippen molar-refractivity contribution in [2.24, 2.45) is 10.1 Å². The van der Waals surface area contributed by atoms with Crippen molar-refractivity contribution >= 4 is 23.2 Å². The first-order valence-corrected chi connectivity index (χ1v) is 8.84. The van der Waals surface area contributed by atoms with Gasteiger partial charge in [0.15, 0.2) is 0 Å². The summed E-state index contributed by atoms with van der Waals surface area (Å²) in [5, 5.41) is 17.3. The molecule has 0 saturated carbocycles. The van der Waals surface area contributed by atoms with E-state index in [0.717, 1.165) is 0 Å². The number of nitro benzene ring substituents is 1. The van der Waals surface area contributed by atoms with Crippen LogP contribution in [0.5, 0.6) is 5.75 Å². The summed E-state index contributed by atoms with van der Waals surface area (Å²) in [6.07, 6.45) is 1.39. The number of rotatable bonds is 6. The monoisotopic (exact) mass is 404 g/mol. The van der Waals surface area contributed by atoms with E-state index in [4.69, 9.17) is 0 Å². The number of nitrogens with zero attached hydrogens (tertiary/aromatic N) is 4. The number of hydrogen-bond donors (Lipinski definition) is 0. The quantitative estimate of drug-likeness (QED) is 0.352. The molecule has 0 aliphatic rings.